The van der Waals surface area contributed by atoms with Crippen LogP contribution in [0.2, 0.25) is 0 Å². The highest BCUT2D eigenvalue weighted by molar-refractivity contribution is 5.80. The van der Waals surface area contributed by atoms with E-state index in [4.69, 9.17) is 5.73 Å². The molecule has 2 aromatic rings. The van der Waals surface area contributed by atoms with Crippen LogP contribution in [-0.4, -0.2) is 16.8 Å². The van der Waals surface area contributed by atoms with Crippen molar-refractivity contribution in [2.75, 3.05) is 0 Å². The maximum Gasteiger partial charge on any atom is 0.416 e. The number of benzene rings is 2. The first-order valence-electron chi connectivity index (χ1n) is 7.61. The Morgan fingerprint density at radius 3 is 2.29 bits per heavy atom. The van der Waals surface area contributed by atoms with Gasteiger partial charge in [0, 0.05) is 13.1 Å². The number of amides is 1. The summed E-state index contributed by atoms with van der Waals surface area (Å²) in [5.41, 5.74) is 7.76. The lowest BCUT2D eigenvalue weighted by Gasteiger charge is -2.35. The highest BCUT2D eigenvalue weighted by Gasteiger charge is 2.31. The van der Waals surface area contributed by atoms with Crippen molar-refractivity contribution in [2.45, 2.75) is 31.7 Å². The number of halogens is 3. The maximum atomic E-state index is 12.6. The fourth-order valence-electron chi connectivity index (χ4n) is 3.06. The van der Waals surface area contributed by atoms with E-state index in [0.717, 1.165) is 23.3 Å². The van der Waals surface area contributed by atoms with Crippen molar-refractivity contribution in [1.29, 1.82) is 0 Å². The SMILES string of the molecule is NC(=O)C1Cc2ccccc2CN1Cc1ccc(C(F)(F)F)cc1. The largest absolute Gasteiger partial charge is 0.416 e. The third-order valence-electron chi connectivity index (χ3n) is 4.34. The molecule has 2 N–H and O–H groups in total. The predicted octanol–water partition coefficient (Wildman–Crippen LogP) is 3.12. The van der Waals surface area contributed by atoms with Crippen LogP contribution in [0.4, 0.5) is 13.2 Å². The molecule has 0 radical (unpaired) electrons. The topological polar surface area (TPSA) is 46.3 Å². The molecule has 0 aliphatic carbocycles. The van der Waals surface area contributed by atoms with E-state index in [9.17, 15) is 18.0 Å². The summed E-state index contributed by atoms with van der Waals surface area (Å²) >= 11 is 0. The van der Waals surface area contributed by atoms with Crippen molar-refractivity contribution in [2.24, 2.45) is 5.73 Å². The Balaban J connectivity index is 1.81. The Labute approximate surface area is 137 Å². The average Bonchev–Trinajstić information content (AvgIpc) is 2.53. The summed E-state index contributed by atoms with van der Waals surface area (Å²) in [4.78, 5) is 13.7. The lowest BCUT2D eigenvalue weighted by atomic mass is 9.93. The zero-order valence-electron chi connectivity index (χ0n) is 12.9. The van der Waals surface area contributed by atoms with Gasteiger partial charge in [0.05, 0.1) is 11.6 Å². The van der Waals surface area contributed by atoms with Crippen LogP contribution in [0.15, 0.2) is 48.5 Å². The number of carbonyl (C=O) groups is 1. The van der Waals surface area contributed by atoms with Gasteiger partial charge in [-0.3, -0.25) is 9.69 Å². The van der Waals surface area contributed by atoms with E-state index in [1.165, 1.54) is 12.1 Å². The second kappa shape index (κ2) is 6.28. The van der Waals surface area contributed by atoms with Gasteiger partial charge in [0.2, 0.25) is 5.91 Å². The Hall–Kier alpha value is -2.34. The van der Waals surface area contributed by atoms with Crippen LogP contribution in [0.5, 0.6) is 0 Å². The third kappa shape index (κ3) is 3.43. The molecule has 0 saturated carbocycles. The molecule has 3 rings (SSSR count). The highest BCUT2D eigenvalue weighted by Crippen LogP contribution is 2.30. The van der Waals surface area contributed by atoms with Crippen LogP contribution in [0.25, 0.3) is 0 Å². The minimum Gasteiger partial charge on any atom is -0.368 e. The van der Waals surface area contributed by atoms with Crippen molar-refractivity contribution in [3.63, 3.8) is 0 Å². The molecule has 1 unspecified atom stereocenters. The van der Waals surface area contributed by atoms with Crippen molar-refractivity contribution in [1.82, 2.24) is 4.90 Å². The molecular weight excluding hydrogens is 317 g/mol. The van der Waals surface area contributed by atoms with Crippen molar-refractivity contribution < 1.29 is 18.0 Å². The second-order valence-electron chi connectivity index (χ2n) is 5.99. The first-order valence-corrected chi connectivity index (χ1v) is 7.61. The predicted molar refractivity (Wildman–Crippen MR) is 83.8 cm³/mol. The molecule has 0 fully saturated rings. The molecule has 1 aliphatic heterocycles. The quantitative estimate of drug-likeness (QED) is 0.937. The molecule has 1 aliphatic rings. The van der Waals surface area contributed by atoms with Crippen LogP contribution in [0.3, 0.4) is 0 Å². The number of fused-ring (bicyclic) bond motifs is 1. The van der Waals surface area contributed by atoms with Crippen molar-refractivity contribution in [3.8, 4) is 0 Å². The Kier molecular flexibility index (Phi) is 4.32. The first kappa shape index (κ1) is 16.5. The fraction of sp³-hybridized carbons (Fsp3) is 0.278. The van der Waals surface area contributed by atoms with Gasteiger partial charge in [0.1, 0.15) is 0 Å². The first-order chi connectivity index (χ1) is 11.3. The van der Waals surface area contributed by atoms with E-state index < -0.39 is 23.7 Å². The molecule has 0 bridgehead atoms. The summed E-state index contributed by atoms with van der Waals surface area (Å²) < 4.78 is 37.9. The Morgan fingerprint density at radius 2 is 1.71 bits per heavy atom. The van der Waals surface area contributed by atoms with E-state index in [1.54, 1.807) is 0 Å². The molecule has 0 spiro atoms. The van der Waals surface area contributed by atoms with Gasteiger partial charge in [0.15, 0.2) is 0 Å². The van der Waals surface area contributed by atoms with Crippen LogP contribution in [-0.2, 0) is 30.5 Å². The summed E-state index contributed by atoms with van der Waals surface area (Å²) in [5.74, 6) is -0.420. The standard InChI is InChI=1S/C18H17F3N2O/c19-18(20,21)15-7-5-12(6-8-15)10-23-11-14-4-2-1-3-13(14)9-16(23)17(22)24/h1-8,16H,9-11H2,(H2,22,24). The summed E-state index contributed by atoms with van der Waals surface area (Å²) in [6, 6.07) is 12.4. The van der Waals surface area contributed by atoms with Crippen molar-refractivity contribution >= 4 is 5.91 Å². The summed E-state index contributed by atoms with van der Waals surface area (Å²) in [5, 5.41) is 0. The van der Waals surface area contributed by atoms with Crippen molar-refractivity contribution in [3.05, 3.63) is 70.8 Å². The molecule has 1 amide bonds. The normalized spacial score (nSPS) is 18.2. The minimum atomic E-state index is -4.35. The number of hydrogen-bond donors (Lipinski definition) is 1. The van der Waals surface area contributed by atoms with Gasteiger partial charge in [-0.15, -0.1) is 0 Å². The van der Waals surface area contributed by atoms with Gasteiger partial charge in [-0.1, -0.05) is 36.4 Å². The molecule has 0 aromatic heterocycles. The van der Waals surface area contributed by atoms with Crippen LogP contribution < -0.4 is 5.73 Å². The molecule has 3 nitrogen and oxygen atoms in total. The van der Waals surface area contributed by atoms with E-state index in [-0.39, 0.29) is 0 Å². The zero-order valence-corrected chi connectivity index (χ0v) is 12.9. The highest BCUT2D eigenvalue weighted by atomic mass is 19.4. The van der Waals surface area contributed by atoms with Gasteiger partial charge >= 0.3 is 6.18 Å². The summed E-state index contributed by atoms with van der Waals surface area (Å²) in [7, 11) is 0. The lowest BCUT2D eigenvalue weighted by molar-refractivity contribution is -0.137. The number of nitrogens with two attached hydrogens (primary N) is 1. The molecule has 6 heteroatoms. The number of alkyl halides is 3. The van der Waals surface area contributed by atoms with Gasteiger partial charge in [0.25, 0.3) is 0 Å². The second-order valence-corrected chi connectivity index (χ2v) is 5.99. The zero-order chi connectivity index (χ0) is 17.3. The van der Waals surface area contributed by atoms with Crippen LogP contribution >= 0.6 is 0 Å². The van der Waals surface area contributed by atoms with E-state index in [2.05, 4.69) is 0 Å². The Morgan fingerprint density at radius 1 is 1.08 bits per heavy atom. The number of primary amides is 1. The summed E-state index contributed by atoms with van der Waals surface area (Å²) in [6.45, 7) is 0.922. The molecule has 0 saturated heterocycles. The smallest absolute Gasteiger partial charge is 0.368 e. The fourth-order valence-corrected chi connectivity index (χ4v) is 3.06. The number of carbonyl (C=O) groups excluding carboxylic acids is 1. The minimum absolute atomic E-state index is 0.375. The molecular formula is C18H17F3N2O. The van der Waals surface area contributed by atoms with Crippen LogP contribution in [0, 0.1) is 0 Å². The van der Waals surface area contributed by atoms with Gasteiger partial charge in [-0.05, 0) is 35.2 Å². The maximum absolute atomic E-state index is 12.6. The molecule has 1 heterocycles. The van der Waals surface area contributed by atoms with E-state index in [0.29, 0.717) is 25.1 Å². The van der Waals surface area contributed by atoms with Crippen LogP contribution in [0.1, 0.15) is 22.3 Å². The molecule has 1 atom stereocenters. The molecule has 24 heavy (non-hydrogen) atoms. The van der Waals surface area contributed by atoms with Gasteiger partial charge in [-0.2, -0.15) is 13.2 Å². The van der Waals surface area contributed by atoms with Gasteiger partial charge < -0.3 is 5.73 Å². The Bertz CT molecular complexity index is 741. The average molecular weight is 334 g/mol. The van der Waals surface area contributed by atoms with E-state index >= 15 is 0 Å². The molecule has 2 aromatic carbocycles. The summed E-state index contributed by atoms with van der Waals surface area (Å²) in [6.07, 6.45) is -3.83. The van der Waals surface area contributed by atoms with Gasteiger partial charge in [-0.25, -0.2) is 0 Å². The number of hydrogen-bond acceptors (Lipinski definition) is 2. The molecule has 126 valence electrons. The number of rotatable bonds is 3. The lowest BCUT2D eigenvalue weighted by Crippen LogP contribution is -2.48. The monoisotopic (exact) mass is 334 g/mol. The van der Waals surface area contributed by atoms with E-state index in [1.807, 2.05) is 29.2 Å². The number of nitrogens with zero attached hydrogens (tertiary/aromatic N) is 1. The third-order valence-corrected chi connectivity index (χ3v) is 4.34.